The number of nitrogens with zero attached hydrogens (tertiary/aromatic N) is 1. The van der Waals surface area contributed by atoms with Gasteiger partial charge in [-0.1, -0.05) is 0 Å². The van der Waals surface area contributed by atoms with E-state index in [-0.39, 0.29) is 11.9 Å². The van der Waals surface area contributed by atoms with Gasteiger partial charge in [-0.05, 0) is 32.0 Å². The molecule has 106 valence electrons. The lowest BCUT2D eigenvalue weighted by atomic mass is 10.1. The van der Waals surface area contributed by atoms with Crippen LogP contribution in [-0.4, -0.2) is 22.7 Å². The van der Waals surface area contributed by atoms with Crippen LogP contribution in [0.15, 0.2) is 30.6 Å². The standard InChI is InChI=1S/C14H18N4O2/c1-3-20-13-5-4-10(6-12(13)15)14(19)18-9(2)11-7-16-17-8-11/h4-9H,3,15H2,1-2H3,(H,16,17)(H,18,19). The second kappa shape index (κ2) is 6.10. The molecule has 1 aromatic heterocycles. The Morgan fingerprint density at radius 3 is 2.95 bits per heavy atom. The molecule has 0 aliphatic rings. The molecule has 1 aromatic carbocycles. The van der Waals surface area contributed by atoms with Crippen LogP contribution >= 0.6 is 0 Å². The monoisotopic (exact) mass is 274 g/mol. The highest BCUT2D eigenvalue weighted by Gasteiger charge is 2.13. The van der Waals surface area contributed by atoms with E-state index in [1.165, 1.54) is 0 Å². The van der Waals surface area contributed by atoms with Crippen molar-refractivity contribution < 1.29 is 9.53 Å². The van der Waals surface area contributed by atoms with Crippen LogP contribution < -0.4 is 15.8 Å². The van der Waals surface area contributed by atoms with Gasteiger partial charge in [-0.25, -0.2) is 0 Å². The molecule has 0 aliphatic heterocycles. The first-order chi connectivity index (χ1) is 9.61. The summed E-state index contributed by atoms with van der Waals surface area (Å²) in [6.07, 6.45) is 3.43. The van der Waals surface area contributed by atoms with Gasteiger partial charge in [-0.3, -0.25) is 9.89 Å². The lowest BCUT2D eigenvalue weighted by Crippen LogP contribution is -2.26. The second-order valence-electron chi connectivity index (χ2n) is 4.41. The van der Waals surface area contributed by atoms with Gasteiger partial charge in [-0.15, -0.1) is 0 Å². The molecule has 1 atom stereocenters. The van der Waals surface area contributed by atoms with Gasteiger partial charge in [0.05, 0.1) is 24.5 Å². The highest BCUT2D eigenvalue weighted by molar-refractivity contribution is 5.95. The van der Waals surface area contributed by atoms with Crippen LogP contribution in [0, 0.1) is 0 Å². The molecule has 6 heteroatoms. The molecule has 1 heterocycles. The molecule has 0 radical (unpaired) electrons. The minimum Gasteiger partial charge on any atom is -0.492 e. The van der Waals surface area contributed by atoms with E-state index in [2.05, 4.69) is 15.5 Å². The average Bonchev–Trinajstić information content (AvgIpc) is 2.95. The van der Waals surface area contributed by atoms with Crippen molar-refractivity contribution in [2.45, 2.75) is 19.9 Å². The molecule has 4 N–H and O–H groups in total. The first-order valence-electron chi connectivity index (χ1n) is 6.43. The van der Waals surface area contributed by atoms with E-state index in [9.17, 15) is 4.79 Å². The van der Waals surface area contributed by atoms with E-state index in [4.69, 9.17) is 10.5 Å². The van der Waals surface area contributed by atoms with Gasteiger partial charge in [0.15, 0.2) is 0 Å². The number of anilines is 1. The van der Waals surface area contributed by atoms with Crippen molar-refractivity contribution in [1.29, 1.82) is 0 Å². The van der Waals surface area contributed by atoms with Crippen molar-refractivity contribution in [3.05, 3.63) is 41.7 Å². The zero-order valence-corrected chi connectivity index (χ0v) is 11.5. The number of H-pyrrole nitrogens is 1. The van der Waals surface area contributed by atoms with Crippen LogP contribution in [0.5, 0.6) is 5.75 Å². The van der Waals surface area contributed by atoms with Crippen LogP contribution in [0.4, 0.5) is 5.69 Å². The number of aromatic nitrogens is 2. The van der Waals surface area contributed by atoms with Gasteiger partial charge in [-0.2, -0.15) is 5.10 Å². The third kappa shape index (κ3) is 3.09. The highest BCUT2D eigenvalue weighted by Crippen LogP contribution is 2.22. The molecule has 1 amide bonds. The number of nitrogen functional groups attached to an aromatic ring is 1. The summed E-state index contributed by atoms with van der Waals surface area (Å²) in [4.78, 5) is 12.1. The van der Waals surface area contributed by atoms with Gasteiger partial charge in [0, 0.05) is 17.3 Å². The van der Waals surface area contributed by atoms with Crippen molar-refractivity contribution >= 4 is 11.6 Å². The van der Waals surface area contributed by atoms with Gasteiger partial charge < -0.3 is 15.8 Å². The summed E-state index contributed by atoms with van der Waals surface area (Å²) in [7, 11) is 0. The fourth-order valence-electron chi connectivity index (χ4n) is 1.84. The SMILES string of the molecule is CCOc1ccc(C(=O)NC(C)c2cn[nH]c2)cc1N. The zero-order chi connectivity index (χ0) is 14.5. The first kappa shape index (κ1) is 13.9. The van der Waals surface area contributed by atoms with Crippen LogP contribution in [0.2, 0.25) is 0 Å². The summed E-state index contributed by atoms with van der Waals surface area (Å²) in [5, 5.41) is 9.46. The van der Waals surface area contributed by atoms with Crippen molar-refractivity contribution in [2.24, 2.45) is 0 Å². The molecule has 0 aliphatic carbocycles. The minimum absolute atomic E-state index is 0.131. The predicted octanol–water partition coefficient (Wildman–Crippen LogP) is 1.88. The molecular formula is C14H18N4O2. The topological polar surface area (TPSA) is 93.0 Å². The normalized spacial score (nSPS) is 11.9. The maximum absolute atomic E-state index is 12.1. The van der Waals surface area contributed by atoms with E-state index in [1.54, 1.807) is 30.6 Å². The molecule has 20 heavy (non-hydrogen) atoms. The van der Waals surface area contributed by atoms with E-state index < -0.39 is 0 Å². The maximum atomic E-state index is 12.1. The fourth-order valence-corrected chi connectivity index (χ4v) is 1.84. The Labute approximate surface area is 117 Å². The van der Waals surface area contributed by atoms with Crippen molar-refractivity contribution in [3.8, 4) is 5.75 Å². The molecule has 2 aromatic rings. The Morgan fingerprint density at radius 2 is 2.35 bits per heavy atom. The van der Waals surface area contributed by atoms with Crippen molar-refractivity contribution in [3.63, 3.8) is 0 Å². The minimum atomic E-state index is -0.187. The van der Waals surface area contributed by atoms with E-state index in [0.29, 0.717) is 23.6 Å². The van der Waals surface area contributed by atoms with Gasteiger partial charge in [0.2, 0.25) is 0 Å². The predicted molar refractivity (Wildman–Crippen MR) is 76.5 cm³/mol. The molecule has 0 saturated carbocycles. The lowest BCUT2D eigenvalue weighted by molar-refractivity contribution is 0.0940. The third-order valence-corrected chi connectivity index (χ3v) is 2.94. The number of amides is 1. The summed E-state index contributed by atoms with van der Waals surface area (Å²) in [5.41, 5.74) is 7.72. The summed E-state index contributed by atoms with van der Waals surface area (Å²) in [5.74, 6) is 0.403. The fraction of sp³-hybridized carbons (Fsp3) is 0.286. The Hall–Kier alpha value is -2.50. The van der Waals surface area contributed by atoms with Crippen LogP contribution in [0.1, 0.15) is 35.8 Å². The summed E-state index contributed by atoms with van der Waals surface area (Å²) < 4.78 is 5.34. The number of hydrogen-bond donors (Lipinski definition) is 3. The molecule has 1 unspecified atom stereocenters. The van der Waals surface area contributed by atoms with Gasteiger partial charge in [0.25, 0.3) is 5.91 Å². The Bertz CT molecular complexity index is 581. The number of ether oxygens (including phenoxy) is 1. The number of aromatic amines is 1. The number of nitrogens with one attached hydrogen (secondary N) is 2. The number of carbonyl (C=O) groups is 1. The second-order valence-corrected chi connectivity index (χ2v) is 4.41. The molecule has 0 saturated heterocycles. The summed E-state index contributed by atoms with van der Waals surface area (Å²) in [6, 6.07) is 4.88. The van der Waals surface area contributed by atoms with Gasteiger partial charge in [0.1, 0.15) is 5.75 Å². The molecule has 0 bridgehead atoms. The van der Waals surface area contributed by atoms with Gasteiger partial charge >= 0.3 is 0 Å². The first-order valence-corrected chi connectivity index (χ1v) is 6.43. The molecule has 6 nitrogen and oxygen atoms in total. The smallest absolute Gasteiger partial charge is 0.251 e. The van der Waals surface area contributed by atoms with Crippen LogP contribution in [0.25, 0.3) is 0 Å². The molecular weight excluding hydrogens is 256 g/mol. The molecule has 2 rings (SSSR count). The van der Waals surface area contributed by atoms with E-state index in [1.807, 2.05) is 13.8 Å². The number of carbonyl (C=O) groups excluding carboxylic acids is 1. The van der Waals surface area contributed by atoms with Crippen molar-refractivity contribution in [1.82, 2.24) is 15.5 Å². The number of nitrogens with two attached hydrogens (primary N) is 1. The Kier molecular flexibility index (Phi) is 4.24. The number of rotatable bonds is 5. The van der Waals surface area contributed by atoms with E-state index in [0.717, 1.165) is 5.56 Å². The third-order valence-electron chi connectivity index (χ3n) is 2.94. The lowest BCUT2D eigenvalue weighted by Gasteiger charge is -2.13. The Morgan fingerprint density at radius 1 is 1.55 bits per heavy atom. The average molecular weight is 274 g/mol. The highest BCUT2D eigenvalue weighted by atomic mass is 16.5. The largest absolute Gasteiger partial charge is 0.492 e. The Balaban J connectivity index is 2.07. The van der Waals surface area contributed by atoms with Crippen LogP contribution in [0.3, 0.4) is 0 Å². The quantitative estimate of drug-likeness (QED) is 0.726. The van der Waals surface area contributed by atoms with Crippen LogP contribution in [-0.2, 0) is 0 Å². The molecule has 0 spiro atoms. The van der Waals surface area contributed by atoms with E-state index >= 15 is 0 Å². The number of benzene rings is 1. The zero-order valence-electron chi connectivity index (χ0n) is 11.5. The number of hydrogen-bond acceptors (Lipinski definition) is 4. The van der Waals surface area contributed by atoms with Crippen molar-refractivity contribution in [2.75, 3.05) is 12.3 Å². The molecule has 0 fully saturated rings. The summed E-state index contributed by atoms with van der Waals surface area (Å²) in [6.45, 7) is 4.31. The maximum Gasteiger partial charge on any atom is 0.251 e. The summed E-state index contributed by atoms with van der Waals surface area (Å²) >= 11 is 0.